The van der Waals surface area contributed by atoms with Crippen LogP contribution in [0.4, 0.5) is 0 Å². The number of nitrogens with zero attached hydrogens (tertiary/aromatic N) is 4. The lowest BCUT2D eigenvalue weighted by Crippen LogP contribution is -2.29. The van der Waals surface area contributed by atoms with Gasteiger partial charge in [0.2, 0.25) is 0 Å². The molecule has 1 unspecified atom stereocenters. The fraction of sp³-hybridized carbons (Fsp3) is 0.500. The second kappa shape index (κ2) is 9.71. The minimum absolute atomic E-state index is 0.0162. The predicted octanol–water partition coefficient (Wildman–Crippen LogP) is 7.31. The van der Waals surface area contributed by atoms with Gasteiger partial charge < -0.3 is 0 Å². The molecule has 0 aliphatic carbocycles. The molecule has 0 fully saturated rings. The third-order valence-electron chi connectivity index (χ3n) is 6.28. The van der Waals surface area contributed by atoms with Crippen molar-refractivity contribution in [2.75, 3.05) is 0 Å². The van der Waals surface area contributed by atoms with E-state index in [1.165, 1.54) is 16.7 Å². The molecule has 0 saturated heterocycles. The zero-order chi connectivity index (χ0) is 25.4. The summed E-state index contributed by atoms with van der Waals surface area (Å²) in [6.07, 6.45) is 11.7. The van der Waals surface area contributed by atoms with Gasteiger partial charge in [-0.2, -0.15) is 0 Å². The normalized spacial score (nSPS) is 13.4. The molecular weight excluding hydrogens is 454 g/mol. The van der Waals surface area contributed by atoms with Gasteiger partial charge in [-0.05, 0) is 38.6 Å². The first-order valence-corrected chi connectivity index (χ1v) is 14.0. The van der Waals surface area contributed by atoms with Crippen molar-refractivity contribution in [1.82, 2.24) is 19.9 Å². The SMILES string of the molecule is CC(C)(C)c1ccc(CP(C(C)(C)C)C(C)(C)C)c(C(P)(c2cnccn2)c2cnccn2)c1. The third-order valence-corrected chi connectivity index (χ3v) is 11.1. The number of rotatable bonds is 5. The van der Waals surface area contributed by atoms with Crippen molar-refractivity contribution in [2.24, 2.45) is 0 Å². The molecule has 1 aromatic carbocycles. The summed E-state index contributed by atoms with van der Waals surface area (Å²) in [7, 11) is 2.74. The molecule has 1 atom stereocenters. The van der Waals surface area contributed by atoms with Crippen molar-refractivity contribution in [3.63, 3.8) is 0 Å². The van der Waals surface area contributed by atoms with Gasteiger partial charge in [0.1, 0.15) is 0 Å². The zero-order valence-electron chi connectivity index (χ0n) is 22.2. The summed E-state index contributed by atoms with van der Waals surface area (Å²) < 4.78 is 0. The van der Waals surface area contributed by atoms with Crippen molar-refractivity contribution < 1.29 is 0 Å². The highest BCUT2D eigenvalue weighted by atomic mass is 31.1. The van der Waals surface area contributed by atoms with Crippen LogP contribution >= 0.6 is 17.2 Å². The maximum absolute atomic E-state index is 4.77. The minimum atomic E-state index is -0.657. The van der Waals surface area contributed by atoms with E-state index in [0.717, 1.165) is 17.5 Å². The number of aromatic nitrogens is 4. The highest BCUT2D eigenvalue weighted by Crippen LogP contribution is 2.62. The molecule has 0 radical (unpaired) electrons. The monoisotopic (exact) mass is 494 g/mol. The van der Waals surface area contributed by atoms with Crippen LogP contribution in [-0.2, 0) is 16.7 Å². The van der Waals surface area contributed by atoms with Crippen LogP contribution in [0.3, 0.4) is 0 Å². The zero-order valence-corrected chi connectivity index (χ0v) is 24.3. The number of benzene rings is 1. The van der Waals surface area contributed by atoms with E-state index in [0.29, 0.717) is 0 Å². The summed E-state index contributed by atoms with van der Waals surface area (Å²) in [5.74, 6) is 0. The van der Waals surface area contributed by atoms with Crippen molar-refractivity contribution in [2.45, 2.75) is 89.4 Å². The summed E-state index contributed by atoms with van der Waals surface area (Å²) in [5.41, 5.74) is 5.57. The quantitative estimate of drug-likeness (QED) is 0.349. The van der Waals surface area contributed by atoms with E-state index >= 15 is 0 Å². The Morgan fingerprint density at radius 1 is 0.735 bits per heavy atom. The topological polar surface area (TPSA) is 51.6 Å². The van der Waals surface area contributed by atoms with Gasteiger partial charge >= 0.3 is 0 Å². The standard InChI is InChI=1S/C28H40N4P2/c1-25(2,3)21-11-10-20(19-34(26(4,5)6)27(7,8)9)22(16-21)28(33,23-17-29-12-14-31-23)24-18-30-13-15-32-24/h10-18H,19,33H2,1-9H3. The first kappa shape index (κ1) is 26.8. The van der Waals surface area contributed by atoms with Gasteiger partial charge in [-0.3, -0.25) is 19.9 Å². The Kier molecular flexibility index (Phi) is 7.66. The Morgan fingerprint density at radius 2 is 1.24 bits per heavy atom. The van der Waals surface area contributed by atoms with Crippen LogP contribution in [0.25, 0.3) is 0 Å². The Hall–Kier alpha value is -1.76. The summed E-state index contributed by atoms with van der Waals surface area (Å²) >= 11 is 0. The van der Waals surface area contributed by atoms with Gasteiger partial charge in [0.15, 0.2) is 0 Å². The largest absolute Gasteiger partial charge is 0.261 e. The van der Waals surface area contributed by atoms with Crippen LogP contribution < -0.4 is 0 Å². The van der Waals surface area contributed by atoms with Crippen LogP contribution in [0.2, 0.25) is 0 Å². The highest BCUT2D eigenvalue weighted by molar-refractivity contribution is 7.60. The number of hydrogen-bond acceptors (Lipinski definition) is 4. The van der Waals surface area contributed by atoms with E-state index in [-0.39, 0.29) is 23.6 Å². The second-order valence-corrected chi connectivity index (χ2v) is 16.8. The van der Waals surface area contributed by atoms with E-state index in [9.17, 15) is 0 Å². The van der Waals surface area contributed by atoms with Gasteiger partial charge in [0.25, 0.3) is 0 Å². The van der Waals surface area contributed by atoms with Gasteiger partial charge in [-0.15, -0.1) is 9.24 Å². The van der Waals surface area contributed by atoms with Crippen LogP contribution in [-0.4, -0.2) is 30.2 Å². The maximum Gasteiger partial charge on any atom is 0.0967 e. The fourth-order valence-electron chi connectivity index (χ4n) is 4.61. The molecular formula is C28H40N4P2. The third kappa shape index (κ3) is 5.72. The summed E-state index contributed by atoms with van der Waals surface area (Å²) in [4.78, 5) is 18.4. The van der Waals surface area contributed by atoms with E-state index in [2.05, 4.69) is 99.7 Å². The molecule has 182 valence electrons. The minimum Gasteiger partial charge on any atom is -0.261 e. The van der Waals surface area contributed by atoms with E-state index < -0.39 is 5.16 Å². The molecule has 0 spiro atoms. The van der Waals surface area contributed by atoms with Crippen molar-refractivity contribution in [3.8, 4) is 0 Å². The van der Waals surface area contributed by atoms with Gasteiger partial charge in [0.05, 0.1) is 28.9 Å². The van der Waals surface area contributed by atoms with Crippen molar-refractivity contribution >= 4 is 17.2 Å². The molecule has 6 heteroatoms. The lowest BCUT2D eigenvalue weighted by atomic mass is 9.81. The van der Waals surface area contributed by atoms with Gasteiger partial charge in [0, 0.05) is 24.8 Å². The van der Waals surface area contributed by atoms with Crippen LogP contribution in [0.1, 0.15) is 90.4 Å². The predicted molar refractivity (Wildman–Crippen MR) is 149 cm³/mol. The summed E-state index contributed by atoms with van der Waals surface area (Å²) in [6, 6.07) is 7.01. The smallest absolute Gasteiger partial charge is 0.0967 e. The Balaban J connectivity index is 2.34. The molecule has 2 aromatic heterocycles. The lowest BCUT2D eigenvalue weighted by molar-refractivity contribution is 0.587. The molecule has 3 aromatic rings. The summed E-state index contributed by atoms with van der Waals surface area (Å²) in [6.45, 7) is 21.1. The van der Waals surface area contributed by atoms with Crippen LogP contribution in [0, 0.1) is 0 Å². The fourth-order valence-corrected chi connectivity index (χ4v) is 8.76. The van der Waals surface area contributed by atoms with E-state index in [1.54, 1.807) is 24.8 Å². The molecule has 0 amide bonds. The van der Waals surface area contributed by atoms with Gasteiger partial charge in [-0.1, -0.05) is 88.4 Å². The van der Waals surface area contributed by atoms with E-state index in [4.69, 9.17) is 9.97 Å². The first-order chi connectivity index (χ1) is 15.6. The molecule has 2 heterocycles. The first-order valence-electron chi connectivity index (χ1n) is 11.9. The Labute approximate surface area is 209 Å². The molecule has 0 N–H and O–H groups in total. The molecule has 34 heavy (non-hydrogen) atoms. The van der Waals surface area contributed by atoms with Crippen LogP contribution in [0.15, 0.2) is 55.4 Å². The summed E-state index contributed by atoms with van der Waals surface area (Å²) in [5, 5.41) is -0.220. The molecule has 0 bridgehead atoms. The molecule has 3 rings (SSSR count). The number of hydrogen-bond donors (Lipinski definition) is 0. The molecule has 0 aliphatic heterocycles. The molecule has 0 aliphatic rings. The maximum atomic E-state index is 4.77. The Bertz CT molecular complexity index is 1040. The van der Waals surface area contributed by atoms with Crippen LogP contribution in [0.5, 0.6) is 0 Å². The lowest BCUT2D eigenvalue weighted by Gasteiger charge is -2.43. The Morgan fingerprint density at radius 3 is 1.62 bits per heavy atom. The average molecular weight is 495 g/mol. The molecule has 0 saturated carbocycles. The molecule has 4 nitrogen and oxygen atoms in total. The highest BCUT2D eigenvalue weighted by Gasteiger charge is 2.40. The second-order valence-electron chi connectivity index (χ2n) is 12.0. The van der Waals surface area contributed by atoms with E-state index in [1.807, 2.05) is 12.4 Å². The van der Waals surface area contributed by atoms with Gasteiger partial charge in [-0.25, -0.2) is 0 Å². The van der Waals surface area contributed by atoms with Crippen molar-refractivity contribution in [3.05, 3.63) is 83.5 Å². The van der Waals surface area contributed by atoms with Crippen molar-refractivity contribution in [1.29, 1.82) is 0 Å². The average Bonchev–Trinajstić information content (AvgIpc) is 2.76.